The van der Waals surface area contributed by atoms with Crippen molar-refractivity contribution >= 4 is 26.7 Å². The minimum absolute atomic E-state index is 0.122. The lowest BCUT2D eigenvalue weighted by Crippen LogP contribution is -2.28. The van der Waals surface area contributed by atoms with E-state index in [2.05, 4.69) is 9.88 Å². The molecule has 1 aromatic heterocycles. The van der Waals surface area contributed by atoms with E-state index in [1.807, 2.05) is 31.2 Å². The first-order valence-corrected chi connectivity index (χ1v) is 11.8. The Morgan fingerprint density at radius 1 is 0.933 bits per heavy atom. The summed E-state index contributed by atoms with van der Waals surface area (Å²) in [5.41, 5.74) is 2.47. The zero-order valence-corrected chi connectivity index (χ0v) is 17.8. The lowest BCUT2D eigenvalue weighted by Gasteiger charge is -2.25. The summed E-state index contributed by atoms with van der Waals surface area (Å²) < 4.78 is 26.8. The molecule has 154 valence electrons. The minimum atomic E-state index is -3.95. The molecule has 0 radical (unpaired) electrons. The zero-order chi connectivity index (χ0) is 21.1. The van der Waals surface area contributed by atoms with Crippen molar-refractivity contribution in [2.45, 2.75) is 42.8 Å². The third-order valence-corrected chi connectivity index (χ3v) is 7.39. The van der Waals surface area contributed by atoms with Gasteiger partial charge in [0.25, 0.3) is 0 Å². The molecule has 4 rings (SSSR count). The summed E-state index contributed by atoms with van der Waals surface area (Å²) in [6.45, 7) is 3.45. The van der Waals surface area contributed by atoms with Crippen LogP contribution in [0.1, 0.15) is 42.2 Å². The number of benzene rings is 2. The van der Waals surface area contributed by atoms with Crippen LogP contribution in [-0.4, -0.2) is 31.5 Å². The highest BCUT2D eigenvalue weighted by Crippen LogP contribution is 2.34. The molecule has 1 atom stereocenters. The SMILES string of the molecule is Cc1ccc(S(=O)(=O)[C@H](C#N)c2nc3ccccc3nc2N2CCCCCC2)cc1. The first-order chi connectivity index (χ1) is 14.5. The summed E-state index contributed by atoms with van der Waals surface area (Å²) in [6, 6.07) is 16.0. The van der Waals surface area contributed by atoms with Crippen molar-refractivity contribution in [1.82, 2.24) is 9.97 Å². The van der Waals surface area contributed by atoms with Crippen molar-refractivity contribution < 1.29 is 8.42 Å². The van der Waals surface area contributed by atoms with Gasteiger partial charge in [0.1, 0.15) is 5.69 Å². The average molecular weight is 421 g/mol. The van der Waals surface area contributed by atoms with Gasteiger partial charge in [-0.05, 0) is 44.0 Å². The molecule has 1 aliphatic rings. The molecular weight excluding hydrogens is 396 g/mol. The monoisotopic (exact) mass is 420 g/mol. The maximum absolute atomic E-state index is 13.4. The molecule has 30 heavy (non-hydrogen) atoms. The Bertz CT molecular complexity index is 1190. The summed E-state index contributed by atoms with van der Waals surface area (Å²) in [7, 11) is -3.95. The van der Waals surface area contributed by atoms with Crippen molar-refractivity contribution in [2.24, 2.45) is 0 Å². The summed E-state index contributed by atoms with van der Waals surface area (Å²) in [5, 5.41) is 8.55. The van der Waals surface area contributed by atoms with Crippen molar-refractivity contribution in [3.8, 4) is 6.07 Å². The molecule has 0 aliphatic carbocycles. The maximum atomic E-state index is 13.4. The number of nitrogens with zero attached hydrogens (tertiary/aromatic N) is 4. The summed E-state index contributed by atoms with van der Waals surface area (Å²) in [5.74, 6) is 0.512. The molecular formula is C23H24N4O2S. The lowest BCUT2D eigenvalue weighted by atomic mass is 10.2. The number of para-hydroxylation sites is 2. The molecule has 3 aromatic rings. The fourth-order valence-electron chi connectivity index (χ4n) is 3.84. The second-order valence-corrected chi connectivity index (χ2v) is 9.72. The molecule has 1 aliphatic heterocycles. The van der Waals surface area contributed by atoms with Crippen LogP contribution in [0.15, 0.2) is 53.4 Å². The highest BCUT2D eigenvalue weighted by molar-refractivity contribution is 7.92. The van der Waals surface area contributed by atoms with Crippen LogP contribution in [-0.2, 0) is 9.84 Å². The molecule has 1 saturated heterocycles. The Morgan fingerprint density at radius 2 is 1.53 bits per heavy atom. The molecule has 6 nitrogen and oxygen atoms in total. The molecule has 7 heteroatoms. The van der Waals surface area contributed by atoms with Gasteiger partial charge in [-0.25, -0.2) is 18.4 Å². The van der Waals surface area contributed by atoms with Gasteiger partial charge in [-0.1, -0.05) is 42.7 Å². The van der Waals surface area contributed by atoms with E-state index in [0.717, 1.165) is 44.3 Å². The molecule has 0 bridgehead atoms. The van der Waals surface area contributed by atoms with Crippen molar-refractivity contribution in [3.05, 3.63) is 59.8 Å². The zero-order valence-electron chi connectivity index (χ0n) is 17.0. The molecule has 0 saturated carbocycles. The Hall–Kier alpha value is -2.98. The van der Waals surface area contributed by atoms with Crippen LogP contribution in [0.4, 0.5) is 5.82 Å². The quantitative estimate of drug-likeness (QED) is 0.623. The van der Waals surface area contributed by atoms with Gasteiger partial charge in [-0.2, -0.15) is 5.26 Å². The Labute approximate surface area is 177 Å². The molecule has 2 heterocycles. The van der Waals surface area contributed by atoms with Gasteiger partial charge < -0.3 is 4.90 Å². The van der Waals surface area contributed by atoms with E-state index in [1.165, 1.54) is 0 Å². The van der Waals surface area contributed by atoms with Crippen molar-refractivity contribution in [3.63, 3.8) is 0 Å². The number of sulfone groups is 1. The summed E-state index contributed by atoms with van der Waals surface area (Å²) in [6.07, 6.45) is 4.29. The second kappa shape index (κ2) is 8.41. The molecule has 1 fully saturated rings. The number of hydrogen-bond donors (Lipinski definition) is 0. The van der Waals surface area contributed by atoms with E-state index in [1.54, 1.807) is 30.3 Å². The minimum Gasteiger partial charge on any atom is -0.355 e. The van der Waals surface area contributed by atoms with Gasteiger partial charge in [0, 0.05) is 13.1 Å². The normalized spacial score (nSPS) is 16.1. The van der Waals surface area contributed by atoms with Gasteiger partial charge >= 0.3 is 0 Å². The second-order valence-electron chi connectivity index (χ2n) is 7.69. The van der Waals surface area contributed by atoms with Gasteiger partial charge in [0.15, 0.2) is 11.1 Å². The van der Waals surface area contributed by atoms with E-state index in [-0.39, 0.29) is 10.6 Å². The Kier molecular flexibility index (Phi) is 5.69. The number of rotatable bonds is 4. The summed E-state index contributed by atoms with van der Waals surface area (Å²) in [4.78, 5) is 11.6. The van der Waals surface area contributed by atoms with Gasteiger partial charge in [-0.3, -0.25) is 0 Å². The topological polar surface area (TPSA) is 86.9 Å². The van der Waals surface area contributed by atoms with Crippen LogP contribution in [0.25, 0.3) is 11.0 Å². The smallest absolute Gasteiger partial charge is 0.200 e. The van der Waals surface area contributed by atoms with Crippen LogP contribution in [0, 0.1) is 18.3 Å². The predicted octanol–water partition coefficient (Wildman–Crippen LogP) is 4.36. The Morgan fingerprint density at radius 3 is 2.13 bits per heavy atom. The van der Waals surface area contributed by atoms with Gasteiger partial charge in [0.2, 0.25) is 9.84 Å². The van der Waals surface area contributed by atoms with Crippen molar-refractivity contribution in [2.75, 3.05) is 18.0 Å². The fraction of sp³-hybridized carbons (Fsp3) is 0.348. The number of nitriles is 1. The van der Waals surface area contributed by atoms with Crippen LogP contribution < -0.4 is 4.90 Å². The molecule has 2 aromatic carbocycles. The first kappa shape index (κ1) is 20.3. The van der Waals surface area contributed by atoms with E-state index >= 15 is 0 Å². The first-order valence-electron chi connectivity index (χ1n) is 10.2. The summed E-state index contributed by atoms with van der Waals surface area (Å²) >= 11 is 0. The average Bonchev–Trinajstić information content (AvgIpc) is 3.03. The molecule has 0 amide bonds. The number of fused-ring (bicyclic) bond motifs is 1. The highest BCUT2D eigenvalue weighted by atomic mass is 32.2. The predicted molar refractivity (Wildman–Crippen MR) is 117 cm³/mol. The number of aromatic nitrogens is 2. The standard InChI is InChI=1S/C23H24N4O2S/c1-17-10-12-18(13-11-17)30(28,29)21(16-24)22-23(27-14-6-2-3-7-15-27)26-20-9-5-4-8-19(20)25-22/h4-5,8-13,21H,2-3,6-7,14-15H2,1H3/t21-/m1/s1. The van der Waals surface area contributed by atoms with Crippen LogP contribution in [0.5, 0.6) is 0 Å². The Balaban J connectivity index is 1.89. The highest BCUT2D eigenvalue weighted by Gasteiger charge is 2.35. The van der Waals surface area contributed by atoms with Crippen molar-refractivity contribution in [1.29, 1.82) is 5.26 Å². The van der Waals surface area contributed by atoms with E-state index in [0.29, 0.717) is 16.9 Å². The number of aryl methyl sites for hydroxylation is 1. The molecule has 0 unspecified atom stereocenters. The number of anilines is 1. The number of hydrogen-bond acceptors (Lipinski definition) is 6. The lowest BCUT2D eigenvalue weighted by molar-refractivity contribution is 0.590. The van der Waals surface area contributed by atoms with Crippen LogP contribution in [0.2, 0.25) is 0 Å². The van der Waals surface area contributed by atoms with E-state index in [9.17, 15) is 13.7 Å². The maximum Gasteiger partial charge on any atom is 0.200 e. The van der Waals surface area contributed by atoms with E-state index in [4.69, 9.17) is 4.98 Å². The largest absolute Gasteiger partial charge is 0.355 e. The van der Waals surface area contributed by atoms with Gasteiger partial charge in [0.05, 0.1) is 22.0 Å². The van der Waals surface area contributed by atoms with Crippen LogP contribution in [0.3, 0.4) is 0 Å². The molecule has 0 spiro atoms. The van der Waals surface area contributed by atoms with Gasteiger partial charge in [-0.15, -0.1) is 0 Å². The van der Waals surface area contributed by atoms with E-state index < -0.39 is 15.1 Å². The fourth-order valence-corrected chi connectivity index (χ4v) is 5.22. The third-order valence-electron chi connectivity index (χ3n) is 5.51. The van der Waals surface area contributed by atoms with Crippen LogP contribution >= 0.6 is 0 Å². The third kappa shape index (κ3) is 3.88. The molecule has 0 N–H and O–H groups in total.